The van der Waals surface area contributed by atoms with Crippen molar-refractivity contribution in [3.8, 4) is 11.5 Å². The van der Waals surface area contributed by atoms with Gasteiger partial charge < -0.3 is 10.1 Å². The van der Waals surface area contributed by atoms with E-state index in [-0.39, 0.29) is 5.82 Å². The van der Waals surface area contributed by atoms with Crippen molar-refractivity contribution < 1.29 is 9.13 Å². The average molecular weight is 306 g/mol. The number of benzene rings is 2. The maximum absolute atomic E-state index is 13.2. The number of halogens is 2. The molecular weight excluding hydrogens is 289 g/mol. The van der Waals surface area contributed by atoms with Gasteiger partial charge in [-0.05, 0) is 61.7 Å². The molecule has 0 saturated heterocycles. The highest BCUT2D eigenvalue weighted by Crippen LogP contribution is 2.31. The summed E-state index contributed by atoms with van der Waals surface area (Å²) in [4.78, 5) is 0. The summed E-state index contributed by atoms with van der Waals surface area (Å²) in [6.07, 6.45) is 2.46. The molecule has 0 atom stereocenters. The highest BCUT2D eigenvalue weighted by atomic mass is 35.5. The summed E-state index contributed by atoms with van der Waals surface area (Å²) in [6, 6.07) is 10.7. The number of nitrogens with one attached hydrogen (secondary N) is 1. The quantitative estimate of drug-likeness (QED) is 0.854. The van der Waals surface area contributed by atoms with Crippen LogP contribution in [0.2, 0.25) is 5.02 Å². The second kappa shape index (κ2) is 6.04. The highest BCUT2D eigenvalue weighted by Gasteiger charge is 2.20. The predicted octanol–water partition coefficient (Wildman–Crippen LogP) is 4.83. The first-order valence-corrected chi connectivity index (χ1v) is 7.45. The maximum Gasteiger partial charge on any atom is 0.132 e. The standard InChI is InChI=1S/C17H17ClFNO/c1-11-8-14(19)3-7-16(11)21-17-6-2-13(18)9-12(17)10-20-15-4-5-15/h2-3,6-9,15,20H,4-5,10H2,1H3. The molecule has 4 heteroatoms. The molecule has 0 radical (unpaired) electrons. The van der Waals surface area contributed by atoms with Gasteiger partial charge in [0.05, 0.1) is 0 Å². The van der Waals surface area contributed by atoms with E-state index in [0.717, 1.165) is 23.4 Å². The highest BCUT2D eigenvalue weighted by molar-refractivity contribution is 6.30. The van der Waals surface area contributed by atoms with Crippen LogP contribution in [0.25, 0.3) is 0 Å². The molecule has 21 heavy (non-hydrogen) atoms. The third-order valence-electron chi connectivity index (χ3n) is 3.54. The SMILES string of the molecule is Cc1cc(F)ccc1Oc1ccc(Cl)cc1CNC1CC1. The number of hydrogen-bond donors (Lipinski definition) is 1. The first kappa shape index (κ1) is 14.4. The van der Waals surface area contributed by atoms with E-state index in [1.165, 1.54) is 25.0 Å². The van der Waals surface area contributed by atoms with Gasteiger partial charge in [-0.3, -0.25) is 0 Å². The van der Waals surface area contributed by atoms with Crippen LogP contribution in [0, 0.1) is 12.7 Å². The molecule has 2 aromatic carbocycles. The van der Waals surface area contributed by atoms with Crippen LogP contribution in [-0.2, 0) is 6.54 Å². The fourth-order valence-corrected chi connectivity index (χ4v) is 2.37. The van der Waals surface area contributed by atoms with Crippen molar-refractivity contribution in [3.05, 3.63) is 58.4 Å². The van der Waals surface area contributed by atoms with E-state index < -0.39 is 0 Å². The molecule has 0 unspecified atom stereocenters. The molecule has 2 aromatic rings. The second-order valence-electron chi connectivity index (χ2n) is 5.42. The summed E-state index contributed by atoms with van der Waals surface area (Å²) in [6.45, 7) is 2.55. The van der Waals surface area contributed by atoms with E-state index in [4.69, 9.17) is 16.3 Å². The Morgan fingerprint density at radius 2 is 1.95 bits per heavy atom. The van der Waals surface area contributed by atoms with Gasteiger partial charge in [-0.15, -0.1) is 0 Å². The lowest BCUT2D eigenvalue weighted by atomic mass is 10.2. The molecule has 1 saturated carbocycles. The maximum atomic E-state index is 13.2. The van der Waals surface area contributed by atoms with Crippen LogP contribution < -0.4 is 10.1 Å². The molecule has 1 N–H and O–H groups in total. The zero-order valence-electron chi connectivity index (χ0n) is 11.8. The molecule has 1 aliphatic rings. The van der Waals surface area contributed by atoms with Crippen molar-refractivity contribution in [1.29, 1.82) is 0 Å². The molecule has 0 bridgehead atoms. The summed E-state index contributed by atoms with van der Waals surface area (Å²) in [7, 11) is 0. The third-order valence-corrected chi connectivity index (χ3v) is 3.77. The van der Waals surface area contributed by atoms with Gasteiger partial charge in [0.2, 0.25) is 0 Å². The third kappa shape index (κ3) is 3.74. The molecule has 0 aromatic heterocycles. The van der Waals surface area contributed by atoms with Crippen LogP contribution in [0.4, 0.5) is 4.39 Å². The number of ether oxygens (including phenoxy) is 1. The largest absolute Gasteiger partial charge is 0.457 e. The first-order valence-electron chi connectivity index (χ1n) is 7.07. The summed E-state index contributed by atoms with van der Waals surface area (Å²) >= 11 is 6.07. The topological polar surface area (TPSA) is 21.3 Å². The molecule has 0 aliphatic heterocycles. The molecule has 0 spiro atoms. The van der Waals surface area contributed by atoms with Crippen LogP contribution in [0.5, 0.6) is 11.5 Å². The van der Waals surface area contributed by atoms with Crippen molar-refractivity contribution in [3.63, 3.8) is 0 Å². The predicted molar refractivity (Wildman–Crippen MR) is 82.5 cm³/mol. The molecular formula is C17H17ClFNO. The Morgan fingerprint density at radius 3 is 2.67 bits per heavy atom. The van der Waals surface area contributed by atoms with Crippen LogP contribution in [0.1, 0.15) is 24.0 Å². The lowest BCUT2D eigenvalue weighted by Gasteiger charge is -2.14. The molecule has 3 rings (SSSR count). The Balaban J connectivity index is 1.82. The van der Waals surface area contributed by atoms with Crippen molar-refractivity contribution in [1.82, 2.24) is 5.32 Å². The fourth-order valence-electron chi connectivity index (χ4n) is 2.17. The van der Waals surface area contributed by atoms with Gasteiger partial charge in [-0.2, -0.15) is 0 Å². The minimum absolute atomic E-state index is 0.258. The van der Waals surface area contributed by atoms with Gasteiger partial charge in [0, 0.05) is 23.2 Å². The lowest BCUT2D eigenvalue weighted by molar-refractivity contribution is 0.467. The smallest absolute Gasteiger partial charge is 0.132 e. The molecule has 2 nitrogen and oxygen atoms in total. The zero-order chi connectivity index (χ0) is 14.8. The average Bonchev–Trinajstić information content (AvgIpc) is 3.26. The van der Waals surface area contributed by atoms with Crippen LogP contribution in [0.3, 0.4) is 0 Å². The zero-order valence-corrected chi connectivity index (χ0v) is 12.6. The Kier molecular flexibility index (Phi) is 4.13. The summed E-state index contributed by atoms with van der Waals surface area (Å²) < 4.78 is 19.1. The van der Waals surface area contributed by atoms with E-state index >= 15 is 0 Å². The van der Waals surface area contributed by atoms with E-state index in [1.807, 2.05) is 19.1 Å². The molecule has 0 heterocycles. The summed E-state index contributed by atoms with van der Waals surface area (Å²) in [5.74, 6) is 1.15. The lowest BCUT2D eigenvalue weighted by Crippen LogP contribution is -2.15. The Morgan fingerprint density at radius 1 is 1.19 bits per heavy atom. The monoisotopic (exact) mass is 305 g/mol. The summed E-state index contributed by atoms with van der Waals surface area (Å²) in [5.41, 5.74) is 1.78. The van der Waals surface area contributed by atoms with E-state index in [0.29, 0.717) is 16.8 Å². The fraction of sp³-hybridized carbons (Fsp3) is 0.294. The summed E-state index contributed by atoms with van der Waals surface area (Å²) in [5, 5.41) is 4.14. The van der Waals surface area contributed by atoms with Crippen molar-refractivity contribution in [2.24, 2.45) is 0 Å². The number of hydrogen-bond acceptors (Lipinski definition) is 2. The van der Waals surface area contributed by atoms with Crippen LogP contribution in [0.15, 0.2) is 36.4 Å². The van der Waals surface area contributed by atoms with Gasteiger partial charge in [0.1, 0.15) is 17.3 Å². The molecule has 110 valence electrons. The van der Waals surface area contributed by atoms with Gasteiger partial charge in [0.25, 0.3) is 0 Å². The number of aryl methyl sites for hydroxylation is 1. The Labute approximate surface area is 128 Å². The molecule has 0 amide bonds. The van der Waals surface area contributed by atoms with Gasteiger partial charge in [0.15, 0.2) is 0 Å². The van der Waals surface area contributed by atoms with Crippen molar-refractivity contribution in [2.45, 2.75) is 32.4 Å². The van der Waals surface area contributed by atoms with Crippen LogP contribution >= 0.6 is 11.6 Å². The van der Waals surface area contributed by atoms with E-state index in [1.54, 1.807) is 12.1 Å². The normalized spacial score (nSPS) is 14.2. The van der Waals surface area contributed by atoms with Crippen molar-refractivity contribution in [2.75, 3.05) is 0 Å². The van der Waals surface area contributed by atoms with Crippen LogP contribution in [-0.4, -0.2) is 6.04 Å². The van der Waals surface area contributed by atoms with Crippen molar-refractivity contribution >= 4 is 11.6 Å². The molecule has 1 aliphatic carbocycles. The minimum Gasteiger partial charge on any atom is -0.457 e. The minimum atomic E-state index is -0.258. The van der Waals surface area contributed by atoms with E-state index in [9.17, 15) is 4.39 Å². The van der Waals surface area contributed by atoms with E-state index in [2.05, 4.69) is 5.32 Å². The Bertz CT molecular complexity index is 655. The van der Waals surface area contributed by atoms with Gasteiger partial charge in [-0.25, -0.2) is 4.39 Å². The first-order chi connectivity index (χ1) is 10.1. The second-order valence-corrected chi connectivity index (χ2v) is 5.86. The Hall–Kier alpha value is -1.58. The van der Waals surface area contributed by atoms with Gasteiger partial charge >= 0.3 is 0 Å². The number of rotatable bonds is 5. The van der Waals surface area contributed by atoms with Gasteiger partial charge in [-0.1, -0.05) is 11.6 Å². The molecule has 1 fully saturated rings.